The molecule has 0 saturated carbocycles. The topological polar surface area (TPSA) is 123 Å². The number of nitrogens with one attached hydrogen (secondary N) is 3. The molecule has 3 N–H and O–H groups in total. The van der Waals surface area contributed by atoms with E-state index in [1.54, 1.807) is 20.8 Å². The fourth-order valence-corrected chi connectivity index (χ4v) is 2.46. The number of alkyl carbamates (subject to hydrolysis) is 1. The second-order valence-electron chi connectivity index (χ2n) is 10.5. The monoisotopic (exact) mass is 463 g/mol. The molecule has 0 aliphatic carbocycles. The molecule has 1 aromatic rings. The van der Waals surface area contributed by atoms with Crippen LogP contribution in [0.1, 0.15) is 67.9 Å². The molecule has 184 valence electrons. The largest absolute Gasteiger partial charge is 0.458 e. The van der Waals surface area contributed by atoms with E-state index in [0.29, 0.717) is 0 Å². The van der Waals surface area contributed by atoms with Crippen molar-refractivity contribution in [2.75, 3.05) is 0 Å². The number of carbonyl (C=O) groups is 4. The van der Waals surface area contributed by atoms with Crippen molar-refractivity contribution >= 4 is 23.9 Å². The summed E-state index contributed by atoms with van der Waals surface area (Å²) in [6, 6.07) is 9.12. The summed E-state index contributed by atoms with van der Waals surface area (Å²) in [6.07, 6.45) is -0.771. The molecule has 1 aromatic carbocycles. The molecule has 0 aromatic heterocycles. The van der Waals surface area contributed by atoms with Crippen LogP contribution < -0.4 is 16.0 Å². The third kappa shape index (κ3) is 9.11. The molecule has 0 aliphatic heterocycles. The van der Waals surface area contributed by atoms with E-state index in [9.17, 15) is 19.2 Å². The third-order valence-corrected chi connectivity index (χ3v) is 4.52. The standard InChI is InChI=1S/C24H37N3O6/c1-21(2,3)33-19(30)24(8,9)26-17(28)22(4,5)25-18(29)23(6,7)27-20(31)32-15-16-13-11-10-12-14-16/h10-14H,15H2,1-9H3,(H,25,29)(H,26,28)(H,27,31). The van der Waals surface area contributed by atoms with Crippen molar-refractivity contribution in [1.29, 1.82) is 0 Å². The zero-order valence-electron chi connectivity index (χ0n) is 21.0. The summed E-state index contributed by atoms with van der Waals surface area (Å²) in [7, 11) is 0. The van der Waals surface area contributed by atoms with Gasteiger partial charge in [0.25, 0.3) is 0 Å². The Balaban J connectivity index is 2.72. The fraction of sp³-hybridized carbons (Fsp3) is 0.583. The van der Waals surface area contributed by atoms with E-state index in [-0.39, 0.29) is 6.61 Å². The number of hydrogen-bond donors (Lipinski definition) is 3. The molecule has 0 aliphatic rings. The zero-order chi connectivity index (χ0) is 25.7. The predicted molar refractivity (Wildman–Crippen MR) is 124 cm³/mol. The van der Waals surface area contributed by atoms with E-state index in [1.807, 2.05) is 30.3 Å². The van der Waals surface area contributed by atoms with E-state index in [0.717, 1.165) is 5.56 Å². The van der Waals surface area contributed by atoms with Crippen LogP contribution in [0.15, 0.2) is 30.3 Å². The average molecular weight is 464 g/mol. The quantitative estimate of drug-likeness (QED) is 0.510. The molecule has 3 amide bonds. The summed E-state index contributed by atoms with van der Waals surface area (Å²) >= 11 is 0. The van der Waals surface area contributed by atoms with Crippen molar-refractivity contribution in [3.8, 4) is 0 Å². The van der Waals surface area contributed by atoms with Crippen LogP contribution in [0.2, 0.25) is 0 Å². The second kappa shape index (κ2) is 10.2. The van der Waals surface area contributed by atoms with Crippen molar-refractivity contribution in [1.82, 2.24) is 16.0 Å². The summed E-state index contributed by atoms with van der Waals surface area (Å²) in [5.74, 6) is -1.79. The minimum Gasteiger partial charge on any atom is -0.458 e. The molecule has 0 bridgehead atoms. The molecule has 0 heterocycles. The molecular formula is C24H37N3O6. The highest BCUT2D eigenvalue weighted by Gasteiger charge is 2.41. The Kier molecular flexibility index (Phi) is 8.66. The number of ether oxygens (including phenoxy) is 2. The molecule has 0 fully saturated rings. The number of amides is 3. The van der Waals surface area contributed by atoms with E-state index >= 15 is 0 Å². The Bertz CT molecular complexity index is 870. The minimum atomic E-state index is -1.39. The Morgan fingerprint density at radius 3 is 1.64 bits per heavy atom. The Labute approximate surface area is 196 Å². The fourth-order valence-electron chi connectivity index (χ4n) is 2.46. The van der Waals surface area contributed by atoms with Gasteiger partial charge >= 0.3 is 12.1 Å². The van der Waals surface area contributed by atoms with Gasteiger partial charge in [-0.3, -0.25) is 9.59 Å². The van der Waals surface area contributed by atoms with E-state index in [4.69, 9.17) is 9.47 Å². The average Bonchev–Trinajstić information content (AvgIpc) is 2.64. The highest BCUT2D eigenvalue weighted by atomic mass is 16.6. The van der Waals surface area contributed by atoms with Crippen LogP contribution in [0.25, 0.3) is 0 Å². The zero-order valence-corrected chi connectivity index (χ0v) is 21.0. The molecule has 33 heavy (non-hydrogen) atoms. The van der Waals surface area contributed by atoms with Gasteiger partial charge in [-0.15, -0.1) is 0 Å². The van der Waals surface area contributed by atoms with Crippen molar-refractivity contribution < 1.29 is 28.7 Å². The van der Waals surface area contributed by atoms with Gasteiger partial charge in [0.15, 0.2) is 0 Å². The number of esters is 1. The first-order valence-corrected chi connectivity index (χ1v) is 10.7. The molecule has 9 heteroatoms. The SMILES string of the molecule is CC(C)(C)OC(=O)C(C)(C)NC(=O)C(C)(C)NC(=O)C(C)(C)NC(=O)OCc1ccccc1. The molecule has 0 unspecified atom stereocenters. The molecule has 0 spiro atoms. The molecule has 0 saturated heterocycles. The van der Waals surface area contributed by atoms with Crippen molar-refractivity contribution in [2.45, 2.75) is 91.1 Å². The Morgan fingerprint density at radius 2 is 1.15 bits per heavy atom. The summed E-state index contributed by atoms with van der Waals surface area (Å²) in [4.78, 5) is 50.3. The van der Waals surface area contributed by atoms with Crippen LogP contribution in [0.4, 0.5) is 4.79 Å². The van der Waals surface area contributed by atoms with Gasteiger partial charge in [0.05, 0.1) is 0 Å². The van der Waals surface area contributed by atoms with Crippen LogP contribution in [-0.2, 0) is 30.5 Å². The van der Waals surface area contributed by atoms with Gasteiger partial charge in [-0.25, -0.2) is 9.59 Å². The Hall–Kier alpha value is -3.10. The lowest BCUT2D eigenvalue weighted by Gasteiger charge is -2.35. The highest BCUT2D eigenvalue weighted by Crippen LogP contribution is 2.16. The first-order valence-electron chi connectivity index (χ1n) is 10.7. The predicted octanol–water partition coefficient (Wildman–Crippen LogP) is 2.82. The molecule has 0 atom stereocenters. The van der Waals surface area contributed by atoms with Crippen LogP contribution >= 0.6 is 0 Å². The van der Waals surface area contributed by atoms with Gasteiger partial charge in [-0.1, -0.05) is 30.3 Å². The highest BCUT2D eigenvalue weighted by molar-refractivity contribution is 5.97. The molecule has 1 rings (SSSR count). The lowest BCUT2D eigenvalue weighted by molar-refractivity contribution is -0.163. The summed E-state index contributed by atoms with van der Waals surface area (Å²) in [5.41, 5.74) is -3.98. The number of rotatable bonds is 8. The van der Waals surface area contributed by atoms with Gasteiger partial charge in [-0.05, 0) is 67.9 Å². The van der Waals surface area contributed by atoms with Crippen LogP contribution in [-0.4, -0.2) is 46.1 Å². The van der Waals surface area contributed by atoms with E-state index in [2.05, 4.69) is 16.0 Å². The molecular weight excluding hydrogens is 426 g/mol. The van der Waals surface area contributed by atoms with Gasteiger partial charge in [-0.2, -0.15) is 0 Å². The van der Waals surface area contributed by atoms with Crippen LogP contribution in [0, 0.1) is 0 Å². The maximum absolute atomic E-state index is 12.8. The van der Waals surface area contributed by atoms with Crippen molar-refractivity contribution in [3.05, 3.63) is 35.9 Å². The van der Waals surface area contributed by atoms with Gasteiger partial charge in [0.1, 0.15) is 28.8 Å². The number of hydrogen-bond acceptors (Lipinski definition) is 6. The smallest absolute Gasteiger partial charge is 0.408 e. The maximum Gasteiger partial charge on any atom is 0.408 e. The third-order valence-electron chi connectivity index (χ3n) is 4.52. The van der Waals surface area contributed by atoms with Crippen LogP contribution in [0.3, 0.4) is 0 Å². The Morgan fingerprint density at radius 1 is 0.697 bits per heavy atom. The number of carbonyl (C=O) groups excluding carboxylic acids is 4. The van der Waals surface area contributed by atoms with Crippen molar-refractivity contribution in [3.63, 3.8) is 0 Å². The van der Waals surface area contributed by atoms with E-state index in [1.165, 1.54) is 41.5 Å². The lowest BCUT2D eigenvalue weighted by Crippen LogP contribution is -2.65. The van der Waals surface area contributed by atoms with E-state index < -0.39 is 46.1 Å². The summed E-state index contributed by atoms with van der Waals surface area (Å²) < 4.78 is 10.5. The van der Waals surface area contributed by atoms with Gasteiger partial charge in [0, 0.05) is 0 Å². The molecule has 9 nitrogen and oxygen atoms in total. The summed E-state index contributed by atoms with van der Waals surface area (Å²) in [5, 5.41) is 7.73. The lowest BCUT2D eigenvalue weighted by atomic mass is 9.97. The van der Waals surface area contributed by atoms with Gasteiger partial charge < -0.3 is 25.4 Å². The second-order valence-corrected chi connectivity index (χ2v) is 10.5. The van der Waals surface area contributed by atoms with Crippen molar-refractivity contribution in [2.24, 2.45) is 0 Å². The first kappa shape index (κ1) is 27.9. The minimum absolute atomic E-state index is 0.0536. The normalized spacial score (nSPS) is 12.4. The first-order chi connectivity index (χ1) is 14.9. The summed E-state index contributed by atoms with van der Waals surface area (Å²) in [6.45, 7) is 14.3. The number of benzene rings is 1. The van der Waals surface area contributed by atoms with Crippen LogP contribution in [0.5, 0.6) is 0 Å². The van der Waals surface area contributed by atoms with Gasteiger partial charge in [0.2, 0.25) is 11.8 Å². The molecule has 0 radical (unpaired) electrons. The maximum atomic E-state index is 12.8.